The Hall–Kier alpha value is 0.360. The summed E-state index contributed by atoms with van der Waals surface area (Å²) < 4.78 is 0. The van der Waals surface area contributed by atoms with E-state index in [1.165, 1.54) is 96.9 Å². The van der Waals surface area contributed by atoms with Gasteiger partial charge in [0.15, 0.2) is 0 Å². The SMILES string of the molecule is CCCCCCCCCCCCCCCCCC[N+](C)(O)O.[Br-]. The molecule has 0 spiro atoms. The van der Waals surface area contributed by atoms with Crippen LogP contribution in [0.1, 0.15) is 110 Å². The van der Waals surface area contributed by atoms with Crippen LogP contribution >= 0.6 is 0 Å². The van der Waals surface area contributed by atoms with Crippen molar-refractivity contribution in [3.05, 3.63) is 0 Å². The highest BCUT2D eigenvalue weighted by Crippen LogP contribution is 2.13. The summed E-state index contributed by atoms with van der Waals surface area (Å²) >= 11 is 0. The minimum atomic E-state index is -0.876. The second-order valence-corrected chi connectivity index (χ2v) is 7.12. The van der Waals surface area contributed by atoms with Crippen molar-refractivity contribution in [1.29, 1.82) is 0 Å². The smallest absolute Gasteiger partial charge is 0.141 e. The quantitative estimate of drug-likeness (QED) is 0.225. The third kappa shape index (κ3) is 24.7. The molecule has 0 rings (SSSR count). The molecular weight excluding hydrogens is 354 g/mol. The number of hydrogen-bond donors (Lipinski definition) is 2. The normalized spacial score (nSPS) is 11.5. The van der Waals surface area contributed by atoms with Gasteiger partial charge in [0.05, 0.1) is 0 Å². The van der Waals surface area contributed by atoms with Crippen LogP contribution in [-0.4, -0.2) is 28.8 Å². The highest BCUT2D eigenvalue weighted by Gasteiger charge is 2.12. The Balaban J connectivity index is 0. The molecule has 0 unspecified atom stereocenters. The molecule has 0 aromatic carbocycles. The van der Waals surface area contributed by atoms with Gasteiger partial charge >= 0.3 is 0 Å². The summed E-state index contributed by atoms with van der Waals surface area (Å²) in [6.45, 7) is 2.72. The molecule has 0 aliphatic rings. The van der Waals surface area contributed by atoms with Gasteiger partial charge in [0.1, 0.15) is 13.6 Å². The van der Waals surface area contributed by atoms with Crippen LogP contribution in [0.4, 0.5) is 0 Å². The van der Waals surface area contributed by atoms with E-state index in [0.717, 1.165) is 12.8 Å². The van der Waals surface area contributed by atoms with Crippen molar-refractivity contribution in [3.63, 3.8) is 0 Å². The Bertz CT molecular complexity index is 220. The first-order chi connectivity index (χ1) is 10.6. The van der Waals surface area contributed by atoms with Crippen molar-refractivity contribution in [2.75, 3.05) is 13.6 Å². The molecule has 0 radical (unpaired) electrons. The molecule has 3 nitrogen and oxygen atoms in total. The van der Waals surface area contributed by atoms with Gasteiger partial charge in [-0.3, -0.25) is 0 Å². The molecule has 0 atom stereocenters. The summed E-state index contributed by atoms with van der Waals surface area (Å²) in [4.78, 5) is -0.876. The summed E-state index contributed by atoms with van der Waals surface area (Å²) in [6, 6.07) is 0. The van der Waals surface area contributed by atoms with Crippen LogP contribution in [0.5, 0.6) is 0 Å². The third-order valence-electron chi connectivity index (χ3n) is 4.44. The summed E-state index contributed by atoms with van der Waals surface area (Å²) in [5.41, 5.74) is 0. The Labute approximate surface area is 155 Å². The van der Waals surface area contributed by atoms with E-state index >= 15 is 0 Å². The van der Waals surface area contributed by atoms with Crippen molar-refractivity contribution >= 4 is 0 Å². The van der Waals surface area contributed by atoms with Gasteiger partial charge in [-0.2, -0.15) is 10.4 Å². The number of quaternary nitrogens is 1. The van der Waals surface area contributed by atoms with Gasteiger partial charge in [-0.15, -0.1) is 0 Å². The highest BCUT2D eigenvalue weighted by atomic mass is 79.9. The fourth-order valence-electron chi connectivity index (χ4n) is 2.96. The molecule has 0 aromatic heterocycles. The zero-order valence-corrected chi connectivity index (χ0v) is 17.3. The second kappa shape index (κ2) is 18.7. The Morgan fingerprint density at radius 3 is 1.04 bits per heavy atom. The summed E-state index contributed by atoms with van der Waals surface area (Å²) in [5.74, 6) is 0. The molecule has 4 heteroatoms. The number of halogens is 1. The molecule has 0 fully saturated rings. The Morgan fingerprint density at radius 1 is 0.522 bits per heavy atom. The van der Waals surface area contributed by atoms with Crippen LogP contribution < -0.4 is 17.0 Å². The van der Waals surface area contributed by atoms with Crippen LogP contribution in [0.3, 0.4) is 0 Å². The predicted molar refractivity (Wildman–Crippen MR) is 94.2 cm³/mol. The molecule has 0 aromatic rings. The summed E-state index contributed by atoms with van der Waals surface area (Å²) in [6.07, 6.45) is 21.5. The number of hydroxylamine groups is 4. The number of unbranched alkanes of at least 4 members (excludes halogenated alkanes) is 15. The van der Waals surface area contributed by atoms with E-state index < -0.39 is 4.81 Å². The van der Waals surface area contributed by atoms with Crippen LogP contribution in [0.2, 0.25) is 0 Å². The monoisotopic (exact) mass is 395 g/mol. The Kier molecular flexibility index (Phi) is 20.8. The van der Waals surface area contributed by atoms with E-state index in [1.807, 2.05) is 0 Å². The van der Waals surface area contributed by atoms with Crippen LogP contribution in [0, 0.1) is 0 Å². The Morgan fingerprint density at radius 2 is 0.783 bits per heavy atom. The zero-order chi connectivity index (χ0) is 16.5. The first-order valence-corrected chi connectivity index (χ1v) is 9.87. The summed E-state index contributed by atoms with van der Waals surface area (Å²) in [5, 5.41) is 18.3. The zero-order valence-electron chi connectivity index (χ0n) is 15.7. The van der Waals surface area contributed by atoms with Gasteiger partial charge in [-0.25, -0.2) is 0 Å². The van der Waals surface area contributed by atoms with Crippen LogP contribution in [0.15, 0.2) is 0 Å². The maximum Gasteiger partial charge on any atom is 0.141 e. The van der Waals surface area contributed by atoms with Gasteiger partial charge in [0.2, 0.25) is 0 Å². The molecule has 0 aliphatic heterocycles. The average molecular weight is 396 g/mol. The molecule has 23 heavy (non-hydrogen) atoms. The predicted octanol–water partition coefficient (Wildman–Crippen LogP) is 3.48. The largest absolute Gasteiger partial charge is 1.00 e. The standard InChI is InChI=1S/C19H42NO2.BrH/c1-3-4-5-6-7-8-9-10-11-12-13-14-15-16-17-18-19-20(2,21)22;/h21-22H,3-19H2,1-2H3;1H/q+1;/p-1. The molecule has 2 N–H and O–H groups in total. The average Bonchev–Trinajstić information content (AvgIpc) is 2.45. The van der Waals surface area contributed by atoms with Crippen molar-refractivity contribution < 1.29 is 32.2 Å². The lowest BCUT2D eigenvalue weighted by Gasteiger charge is -2.14. The topological polar surface area (TPSA) is 40.5 Å². The van der Waals surface area contributed by atoms with Gasteiger partial charge in [0, 0.05) is 6.42 Å². The molecule has 0 saturated heterocycles. The van der Waals surface area contributed by atoms with E-state index in [2.05, 4.69) is 6.92 Å². The fourth-order valence-corrected chi connectivity index (χ4v) is 2.96. The number of hydrogen-bond acceptors (Lipinski definition) is 2. The van der Waals surface area contributed by atoms with Crippen molar-refractivity contribution in [2.45, 2.75) is 110 Å². The molecular formula is C19H42BrNO2. The van der Waals surface area contributed by atoms with Gasteiger partial charge in [0.25, 0.3) is 0 Å². The molecule has 0 saturated carbocycles. The van der Waals surface area contributed by atoms with E-state index in [-0.39, 0.29) is 17.0 Å². The van der Waals surface area contributed by atoms with E-state index in [1.54, 1.807) is 0 Å². The number of nitrogens with zero attached hydrogens (tertiary/aromatic N) is 1. The molecule has 0 aliphatic carbocycles. The lowest BCUT2D eigenvalue weighted by Crippen LogP contribution is -3.00. The van der Waals surface area contributed by atoms with Gasteiger partial charge < -0.3 is 17.0 Å². The second-order valence-electron chi connectivity index (χ2n) is 7.12. The van der Waals surface area contributed by atoms with E-state index in [4.69, 9.17) is 10.4 Å². The summed E-state index contributed by atoms with van der Waals surface area (Å²) in [7, 11) is 1.41. The first kappa shape index (κ1) is 25.6. The molecule has 0 heterocycles. The molecule has 0 bridgehead atoms. The van der Waals surface area contributed by atoms with Crippen molar-refractivity contribution in [2.24, 2.45) is 0 Å². The lowest BCUT2D eigenvalue weighted by atomic mass is 10.0. The van der Waals surface area contributed by atoms with E-state index in [0.29, 0.717) is 6.54 Å². The minimum absolute atomic E-state index is 0. The minimum Gasteiger partial charge on any atom is -1.00 e. The molecule has 0 amide bonds. The molecule has 142 valence electrons. The highest BCUT2D eigenvalue weighted by molar-refractivity contribution is 4.49. The van der Waals surface area contributed by atoms with Crippen LogP contribution in [-0.2, 0) is 0 Å². The maximum absolute atomic E-state index is 9.13. The lowest BCUT2D eigenvalue weighted by molar-refractivity contribution is -1.23. The van der Waals surface area contributed by atoms with Gasteiger partial charge in [-0.1, -0.05) is 102 Å². The fraction of sp³-hybridized carbons (Fsp3) is 1.00. The number of rotatable bonds is 17. The van der Waals surface area contributed by atoms with E-state index in [9.17, 15) is 0 Å². The van der Waals surface area contributed by atoms with Gasteiger partial charge in [-0.05, 0) is 6.42 Å². The van der Waals surface area contributed by atoms with Crippen LogP contribution in [0.25, 0.3) is 0 Å². The van der Waals surface area contributed by atoms with Crippen molar-refractivity contribution in [3.8, 4) is 0 Å². The maximum atomic E-state index is 9.13. The first-order valence-electron chi connectivity index (χ1n) is 9.87. The van der Waals surface area contributed by atoms with Crippen molar-refractivity contribution in [1.82, 2.24) is 0 Å². The third-order valence-corrected chi connectivity index (χ3v) is 4.44.